The van der Waals surface area contributed by atoms with Crippen LogP contribution in [-0.2, 0) is 0 Å². The molecule has 0 spiro atoms. The van der Waals surface area contributed by atoms with Gasteiger partial charge in [-0.1, -0.05) is 84.9 Å². The second-order valence-corrected chi connectivity index (χ2v) is 7.61. The average Bonchev–Trinajstić information content (AvgIpc) is 2.81. The van der Waals surface area contributed by atoms with Gasteiger partial charge < -0.3 is 20.4 Å². The second-order valence-electron chi connectivity index (χ2n) is 7.61. The fraction of sp³-hybridized carbons (Fsp3) is 0.0714. The summed E-state index contributed by atoms with van der Waals surface area (Å²) in [7, 11) is 0. The Labute approximate surface area is 187 Å². The highest BCUT2D eigenvalue weighted by molar-refractivity contribution is 5.92. The molecule has 160 valence electrons. The maximum atomic E-state index is 10.7. The maximum Gasteiger partial charge on any atom is 0.170 e. The SMILES string of the molecule is C/C=C(/c1ccc(-c2c(O)c(O)c(-c3ccccc3)c(O)c2O)cc1)c1ccccc1C. The highest BCUT2D eigenvalue weighted by Gasteiger charge is 2.25. The number of hydrogen-bond donors (Lipinski definition) is 4. The van der Waals surface area contributed by atoms with Gasteiger partial charge in [-0.2, -0.15) is 0 Å². The third-order valence-electron chi connectivity index (χ3n) is 5.67. The van der Waals surface area contributed by atoms with E-state index in [-0.39, 0.29) is 11.1 Å². The lowest BCUT2D eigenvalue weighted by Gasteiger charge is -2.16. The Kier molecular flexibility index (Phi) is 5.61. The molecule has 0 saturated carbocycles. The molecule has 0 radical (unpaired) electrons. The Bertz CT molecular complexity index is 1270. The van der Waals surface area contributed by atoms with Crippen molar-refractivity contribution in [3.05, 3.63) is 102 Å². The van der Waals surface area contributed by atoms with Crippen molar-refractivity contribution < 1.29 is 20.4 Å². The van der Waals surface area contributed by atoms with Crippen molar-refractivity contribution in [3.63, 3.8) is 0 Å². The third kappa shape index (κ3) is 3.56. The van der Waals surface area contributed by atoms with E-state index in [1.165, 1.54) is 0 Å². The van der Waals surface area contributed by atoms with Gasteiger partial charge in [0.15, 0.2) is 23.0 Å². The molecule has 0 amide bonds. The van der Waals surface area contributed by atoms with Gasteiger partial charge in [-0.3, -0.25) is 0 Å². The first kappa shape index (κ1) is 21.1. The molecule has 0 atom stereocenters. The number of phenols is 4. The maximum absolute atomic E-state index is 10.7. The molecule has 0 fully saturated rings. The smallest absolute Gasteiger partial charge is 0.170 e. The van der Waals surface area contributed by atoms with Gasteiger partial charge in [0, 0.05) is 0 Å². The lowest BCUT2D eigenvalue weighted by molar-refractivity contribution is 0.378. The topological polar surface area (TPSA) is 80.9 Å². The summed E-state index contributed by atoms with van der Waals surface area (Å²) >= 11 is 0. The Morgan fingerprint density at radius 2 is 1.06 bits per heavy atom. The number of allylic oxidation sites excluding steroid dienone is 1. The highest BCUT2D eigenvalue weighted by Crippen LogP contribution is 2.54. The van der Waals surface area contributed by atoms with Gasteiger partial charge in [-0.25, -0.2) is 0 Å². The molecule has 0 saturated heterocycles. The predicted octanol–water partition coefficient (Wildman–Crippen LogP) is 6.60. The minimum atomic E-state index is -0.489. The molecule has 4 aromatic carbocycles. The zero-order chi connectivity index (χ0) is 22.8. The lowest BCUT2D eigenvalue weighted by Crippen LogP contribution is -1.92. The van der Waals surface area contributed by atoms with Gasteiger partial charge in [-0.15, -0.1) is 0 Å². The summed E-state index contributed by atoms with van der Waals surface area (Å²) in [4.78, 5) is 0. The zero-order valence-corrected chi connectivity index (χ0v) is 17.9. The van der Waals surface area contributed by atoms with Gasteiger partial charge in [-0.05, 0) is 47.2 Å². The molecule has 4 rings (SSSR count). The summed E-state index contributed by atoms with van der Waals surface area (Å²) in [5.41, 5.74) is 5.22. The minimum absolute atomic E-state index is 0.0169. The van der Waals surface area contributed by atoms with Crippen LogP contribution in [0.5, 0.6) is 23.0 Å². The van der Waals surface area contributed by atoms with Crippen molar-refractivity contribution in [3.8, 4) is 45.3 Å². The van der Waals surface area contributed by atoms with E-state index in [2.05, 4.69) is 19.1 Å². The van der Waals surface area contributed by atoms with Gasteiger partial charge in [0.25, 0.3) is 0 Å². The zero-order valence-electron chi connectivity index (χ0n) is 17.9. The summed E-state index contributed by atoms with van der Waals surface area (Å²) in [6.45, 7) is 4.04. The first-order chi connectivity index (χ1) is 15.4. The Morgan fingerprint density at radius 3 is 1.56 bits per heavy atom. The van der Waals surface area contributed by atoms with Gasteiger partial charge in [0.05, 0.1) is 11.1 Å². The van der Waals surface area contributed by atoms with Crippen LogP contribution in [0.2, 0.25) is 0 Å². The molecule has 4 nitrogen and oxygen atoms in total. The van der Waals surface area contributed by atoms with Crippen LogP contribution in [0.1, 0.15) is 23.6 Å². The van der Waals surface area contributed by atoms with E-state index < -0.39 is 23.0 Å². The molecule has 4 aromatic rings. The van der Waals surface area contributed by atoms with E-state index in [1.807, 2.05) is 37.3 Å². The quantitative estimate of drug-likeness (QED) is 0.220. The van der Waals surface area contributed by atoms with E-state index >= 15 is 0 Å². The Hall–Kier alpha value is -4.18. The van der Waals surface area contributed by atoms with Crippen molar-refractivity contribution in [2.45, 2.75) is 13.8 Å². The van der Waals surface area contributed by atoms with Crippen LogP contribution in [-0.4, -0.2) is 20.4 Å². The second kappa shape index (κ2) is 8.52. The van der Waals surface area contributed by atoms with Crippen molar-refractivity contribution in [1.29, 1.82) is 0 Å². The molecular weight excluding hydrogens is 400 g/mol. The van der Waals surface area contributed by atoms with E-state index in [0.29, 0.717) is 11.1 Å². The summed E-state index contributed by atoms with van der Waals surface area (Å²) in [5, 5.41) is 42.7. The molecule has 0 aliphatic heterocycles. The fourth-order valence-corrected chi connectivity index (χ4v) is 4.02. The molecule has 0 aromatic heterocycles. The van der Waals surface area contributed by atoms with Crippen LogP contribution in [0.3, 0.4) is 0 Å². The van der Waals surface area contributed by atoms with Crippen LogP contribution in [0.4, 0.5) is 0 Å². The monoisotopic (exact) mass is 424 g/mol. The predicted molar refractivity (Wildman–Crippen MR) is 128 cm³/mol. The number of benzene rings is 4. The van der Waals surface area contributed by atoms with E-state index in [9.17, 15) is 20.4 Å². The van der Waals surface area contributed by atoms with Gasteiger partial charge >= 0.3 is 0 Å². The van der Waals surface area contributed by atoms with E-state index in [1.54, 1.807) is 42.5 Å². The Balaban J connectivity index is 1.79. The van der Waals surface area contributed by atoms with Crippen LogP contribution in [0.25, 0.3) is 27.8 Å². The standard InChI is InChI=1S/C28H24O4/c1-3-21(22-12-8-7-9-17(22)2)18-13-15-20(16-14-18)24-27(31)25(29)23(26(30)28(24)32)19-10-5-4-6-11-19/h3-16,29-32H,1-2H3/b21-3-. The molecular formula is C28H24O4. The summed E-state index contributed by atoms with van der Waals surface area (Å²) in [5.74, 6) is -1.95. The number of aromatic hydroxyl groups is 4. The molecule has 0 aliphatic carbocycles. The number of rotatable bonds is 4. The first-order valence-electron chi connectivity index (χ1n) is 10.3. The summed E-state index contributed by atoms with van der Waals surface area (Å²) < 4.78 is 0. The molecule has 4 heteroatoms. The minimum Gasteiger partial charge on any atom is -0.504 e. The van der Waals surface area contributed by atoms with Crippen LogP contribution in [0.15, 0.2) is 84.9 Å². The number of aryl methyl sites for hydroxylation is 1. The average molecular weight is 424 g/mol. The van der Waals surface area contributed by atoms with Crippen molar-refractivity contribution in [2.75, 3.05) is 0 Å². The number of hydrogen-bond acceptors (Lipinski definition) is 4. The molecule has 32 heavy (non-hydrogen) atoms. The normalized spacial score (nSPS) is 11.5. The van der Waals surface area contributed by atoms with Gasteiger partial charge in [0.2, 0.25) is 0 Å². The van der Waals surface area contributed by atoms with Crippen LogP contribution >= 0.6 is 0 Å². The van der Waals surface area contributed by atoms with E-state index in [4.69, 9.17) is 0 Å². The van der Waals surface area contributed by atoms with Crippen molar-refractivity contribution in [2.24, 2.45) is 0 Å². The fourth-order valence-electron chi connectivity index (χ4n) is 4.02. The van der Waals surface area contributed by atoms with Gasteiger partial charge in [0.1, 0.15) is 0 Å². The van der Waals surface area contributed by atoms with Crippen LogP contribution < -0.4 is 0 Å². The Morgan fingerprint density at radius 1 is 0.594 bits per heavy atom. The first-order valence-corrected chi connectivity index (χ1v) is 10.3. The molecule has 0 aliphatic rings. The molecule has 0 unspecified atom stereocenters. The largest absolute Gasteiger partial charge is 0.504 e. The summed E-state index contributed by atoms with van der Waals surface area (Å²) in [6.07, 6.45) is 2.04. The van der Waals surface area contributed by atoms with Crippen molar-refractivity contribution in [1.82, 2.24) is 0 Å². The third-order valence-corrected chi connectivity index (χ3v) is 5.67. The van der Waals surface area contributed by atoms with Crippen molar-refractivity contribution >= 4 is 5.57 Å². The number of phenolic OH excluding ortho intramolecular Hbond substituents is 4. The molecule has 0 heterocycles. The molecule has 4 N–H and O–H groups in total. The lowest BCUT2D eigenvalue weighted by atomic mass is 9.91. The summed E-state index contributed by atoms with van der Waals surface area (Å²) in [6, 6.07) is 24.0. The highest BCUT2D eigenvalue weighted by atomic mass is 16.3. The van der Waals surface area contributed by atoms with E-state index in [0.717, 1.165) is 22.3 Å². The molecule has 0 bridgehead atoms. The van der Waals surface area contributed by atoms with Crippen LogP contribution in [0, 0.1) is 6.92 Å².